The Morgan fingerprint density at radius 2 is 1.93 bits per heavy atom. The number of guanidine groups is 1. The Morgan fingerprint density at radius 3 is 2.50 bits per heavy atom. The molecule has 0 fully saturated rings. The molecule has 13 heteroatoms. The van der Waals surface area contributed by atoms with E-state index in [0.29, 0.717) is 12.1 Å². The van der Waals surface area contributed by atoms with E-state index in [1.807, 2.05) is 0 Å². The lowest BCUT2D eigenvalue weighted by Crippen LogP contribution is -2.33. The molecule has 30 heavy (non-hydrogen) atoms. The predicted molar refractivity (Wildman–Crippen MR) is 97.4 cm³/mol. The van der Waals surface area contributed by atoms with E-state index < -0.39 is 34.9 Å². The van der Waals surface area contributed by atoms with Crippen LogP contribution in [0.15, 0.2) is 17.1 Å². The molecular weight excluding hydrogens is 408 g/mol. The summed E-state index contributed by atoms with van der Waals surface area (Å²) in [6, 6.07) is 1.27. The lowest BCUT2D eigenvalue weighted by molar-refractivity contribution is -0.137. The van der Waals surface area contributed by atoms with Gasteiger partial charge in [-0.05, 0) is 12.1 Å². The van der Waals surface area contributed by atoms with Gasteiger partial charge in [0.1, 0.15) is 40.9 Å². The van der Waals surface area contributed by atoms with E-state index in [-0.39, 0.29) is 34.4 Å². The number of aromatic nitrogens is 1. The van der Waals surface area contributed by atoms with Crippen LogP contribution in [0.2, 0.25) is 0 Å². The van der Waals surface area contributed by atoms with Gasteiger partial charge in [0.05, 0.1) is 23.9 Å². The molecule has 3 rings (SSSR count). The van der Waals surface area contributed by atoms with Crippen molar-refractivity contribution in [1.29, 1.82) is 10.5 Å². The number of methoxy groups -OCH3 is 1. The number of anilines is 3. The van der Waals surface area contributed by atoms with Gasteiger partial charge in [-0.25, -0.2) is 14.4 Å². The maximum atomic E-state index is 14.9. The van der Waals surface area contributed by atoms with E-state index in [4.69, 9.17) is 21.5 Å². The Bertz CT molecular complexity index is 1150. The number of nitrogens with one attached hydrogen (secondary N) is 2. The van der Waals surface area contributed by atoms with Crippen molar-refractivity contribution in [3.05, 3.63) is 40.2 Å². The first kappa shape index (κ1) is 20.5. The Balaban J connectivity index is 2.34. The number of nitrogens with zero attached hydrogens (tertiary/aromatic N) is 4. The fourth-order valence-corrected chi connectivity index (χ4v) is 2.98. The van der Waals surface area contributed by atoms with Gasteiger partial charge in [0.25, 0.3) is 0 Å². The minimum atomic E-state index is -4.82. The van der Waals surface area contributed by atoms with E-state index in [1.54, 1.807) is 12.3 Å². The molecule has 0 spiro atoms. The predicted octanol–water partition coefficient (Wildman–Crippen LogP) is 2.23. The van der Waals surface area contributed by atoms with Crippen LogP contribution in [0.3, 0.4) is 0 Å². The van der Waals surface area contributed by atoms with Gasteiger partial charge in [-0.3, -0.25) is 5.32 Å². The van der Waals surface area contributed by atoms with Crippen LogP contribution in [0.5, 0.6) is 5.75 Å². The van der Waals surface area contributed by atoms with Crippen LogP contribution < -0.4 is 26.8 Å². The molecule has 0 aliphatic carbocycles. The summed E-state index contributed by atoms with van der Waals surface area (Å²) < 4.78 is 59.1. The molecule has 9 nitrogen and oxygen atoms in total. The summed E-state index contributed by atoms with van der Waals surface area (Å²) in [6.45, 7) is 0. The molecule has 1 atom stereocenters. The van der Waals surface area contributed by atoms with Crippen LogP contribution >= 0.6 is 0 Å². The van der Waals surface area contributed by atoms with Crippen molar-refractivity contribution in [3.63, 3.8) is 0 Å². The molecule has 154 valence electrons. The highest BCUT2D eigenvalue weighted by Gasteiger charge is 2.37. The number of halogens is 4. The minimum Gasteiger partial charge on any atom is -0.496 e. The van der Waals surface area contributed by atoms with Gasteiger partial charge in [0.15, 0.2) is 6.19 Å². The highest BCUT2D eigenvalue weighted by atomic mass is 19.4. The van der Waals surface area contributed by atoms with E-state index in [1.165, 1.54) is 0 Å². The molecule has 1 unspecified atom stereocenters. The van der Waals surface area contributed by atoms with E-state index in [2.05, 4.69) is 20.6 Å². The molecule has 6 N–H and O–H groups in total. The molecule has 0 amide bonds. The number of alkyl halides is 3. The number of aliphatic imine (C=N–C) groups is 1. The van der Waals surface area contributed by atoms with Gasteiger partial charge in [-0.15, -0.1) is 0 Å². The SMILES string of the molecule is COc1cc(C(F)(F)F)cc(F)c1C1N=C(NC#N)Nc2nc(N)c(C#N)c(N)c21. The lowest BCUT2D eigenvalue weighted by Gasteiger charge is -2.27. The number of nitrogens with two attached hydrogens (primary N) is 2. The molecule has 2 heterocycles. The Kier molecular flexibility index (Phi) is 4.97. The van der Waals surface area contributed by atoms with Crippen molar-refractivity contribution in [2.24, 2.45) is 4.99 Å². The normalized spacial score (nSPS) is 15.2. The topological polar surface area (TPSA) is 158 Å². The number of ether oxygens (including phenoxy) is 1. The minimum absolute atomic E-state index is 0.0128. The average molecular weight is 420 g/mol. The van der Waals surface area contributed by atoms with Crippen LogP contribution in [0.1, 0.15) is 28.3 Å². The number of nitrogen functional groups attached to an aromatic ring is 2. The van der Waals surface area contributed by atoms with E-state index >= 15 is 0 Å². The first-order chi connectivity index (χ1) is 14.1. The molecule has 1 aliphatic heterocycles. The number of pyridine rings is 1. The van der Waals surface area contributed by atoms with Crippen LogP contribution in [0, 0.1) is 28.6 Å². The third kappa shape index (κ3) is 3.33. The van der Waals surface area contributed by atoms with Gasteiger partial charge >= 0.3 is 6.18 Å². The third-order valence-electron chi connectivity index (χ3n) is 4.27. The van der Waals surface area contributed by atoms with Gasteiger partial charge in [0.2, 0.25) is 5.96 Å². The van der Waals surface area contributed by atoms with Crippen molar-refractivity contribution < 1.29 is 22.3 Å². The molecule has 0 saturated carbocycles. The Labute approximate surface area is 166 Å². The third-order valence-corrected chi connectivity index (χ3v) is 4.27. The standard InChI is InChI=1S/C17H12F4N8O/c1-30-9-3-6(17(19,20)21)2-8(18)10(9)13-11-12(24)7(4-22)14(25)28-15(11)29-16(27-13)26-5-23/h2-3,13H,1H3,(H6,24,25,26,27,28,29). The second-order valence-electron chi connectivity index (χ2n) is 5.97. The second-order valence-corrected chi connectivity index (χ2v) is 5.97. The monoisotopic (exact) mass is 420 g/mol. The number of fused-ring (bicyclic) bond motifs is 1. The fourth-order valence-electron chi connectivity index (χ4n) is 2.98. The second kappa shape index (κ2) is 7.29. The summed E-state index contributed by atoms with van der Waals surface area (Å²) in [7, 11) is 1.06. The summed E-state index contributed by atoms with van der Waals surface area (Å²) in [5.41, 5.74) is 9.65. The summed E-state index contributed by atoms with van der Waals surface area (Å²) in [6.07, 6.45) is -3.22. The fraction of sp³-hybridized carbons (Fsp3) is 0.176. The smallest absolute Gasteiger partial charge is 0.416 e. The van der Waals surface area contributed by atoms with Gasteiger partial charge in [0, 0.05) is 5.56 Å². The molecule has 2 aromatic rings. The number of rotatable bonds is 2. The first-order valence-corrected chi connectivity index (χ1v) is 8.05. The molecule has 0 radical (unpaired) electrons. The Hall–Kier alpha value is -4.26. The van der Waals surface area contributed by atoms with Gasteiger partial charge in [-0.2, -0.15) is 23.7 Å². The highest BCUT2D eigenvalue weighted by Crippen LogP contribution is 2.45. The first-order valence-electron chi connectivity index (χ1n) is 8.05. The molecule has 0 saturated heterocycles. The van der Waals surface area contributed by atoms with Crippen molar-refractivity contribution in [3.8, 4) is 18.0 Å². The highest BCUT2D eigenvalue weighted by molar-refractivity contribution is 5.98. The molecule has 0 bridgehead atoms. The van der Waals surface area contributed by atoms with Gasteiger partial charge < -0.3 is 21.5 Å². The molecular formula is C17H12F4N8O. The largest absolute Gasteiger partial charge is 0.496 e. The lowest BCUT2D eigenvalue weighted by atomic mass is 9.93. The average Bonchev–Trinajstić information content (AvgIpc) is 2.66. The maximum Gasteiger partial charge on any atom is 0.416 e. The van der Waals surface area contributed by atoms with Crippen LogP contribution in [-0.2, 0) is 6.18 Å². The van der Waals surface area contributed by atoms with E-state index in [0.717, 1.165) is 7.11 Å². The zero-order valence-corrected chi connectivity index (χ0v) is 15.1. The number of hydrogen-bond acceptors (Lipinski definition) is 9. The maximum absolute atomic E-state index is 14.9. The summed E-state index contributed by atoms with van der Waals surface area (Å²) in [4.78, 5) is 8.10. The number of benzene rings is 1. The van der Waals surface area contributed by atoms with E-state index in [9.17, 15) is 22.8 Å². The molecule has 1 aliphatic rings. The zero-order chi connectivity index (χ0) is 22.2. The molecule has 1 aromatic heterocycles. The quantitative estimate of drug-likeness (QED) is 0.327. The summed E-state index contributed by atoms with van der Waals surface area (Å²) in [5, 5.41) is 23.0. The van der Waals surface area contributed by atoms with Crippen LogP contribution in [0.25, 0.3) is 0 Å². The van der Waals surface area contributed by atoms with Crippen molar-refractivity contribution >= 4 is 23.3 Å². The van der Waals surface area contributed by atoms with Crippen molar-refractivity contribution in [2.45, 2.75) is 12.2 Å². The van der Waals surface area contributed by atoms with Gasteiger partial charge in [-0.1, -0.05) is 0 Å². The summed E-state index contributed by atoms with van der Waals surface area (Å²) in [5.74, 6) is -2.22. The molecule has 1 aromatic carbocycles. The number of nitriles is 2. The Morgan fingerprint density at radius 1 is 1.23 bits per heavy atom. The number of hydrogen-bond donors (Lipinski definition) is 4. The zero-order valence-electron chi connectivity index (χ0n) is 15.1. The van der Waals surface area contributed by atoms with Crippen molar-refractivity contribution in [2.75, 3.05) is 23.9 Å². The van der Waals surface area contributed by atoms with Crippen LogP contribution in [-0.4, -0.2) is 18.1 Å². The summed E-state index contributed by atoms with van der Waals surface area (Å²) >= 11 is 0. The van der Waals surface area contributed by atoms with Crippen LogP contribution in [0.4, 0.5) is 34.9 Å². The van der Waals surface area contributed by atoms with Crippen molar-refractivity contribution in [1.82, 2.24) is 10.3 Å².